The molecule has 1 N–H and O–H groups in total. The molecule has 1 unspecified atom stereocenters. The van der Waals surface area contributed by atoms with E-state index in [1.165, 1.54) is 17.8 Å². The number of aromatic nitrogens is 3. The minimum Gasteiger partial charge on any atom is -0.461 e. The number of amides is 1. The lowest BCUT2D eigenvalue weighted by Crippen LogP contribution is -2.20. The van der Waals surface area contributed by atoms with Gasteiger partial charge in [0.15, 0.2) is 16.7 Å². The van der Waals surface area contributed by atoms with Crippen LogP contribution in [0.5, 0.6) is 0 Å². The number of nitro groups is 1. The molecule has 10 heteroatoms. The van der Waals surface area contributed by atoms with Crippen molar-refractivity contribution >= 4 is 29.0 Å². The Balaban J connectivity index is 1.68. The van der Waals surface area contributed by atoms with Gasteiger partial charge in [0.25, 0.3) is 5.69 Å². The number of aryl methyl sites for hydroxylation is 1. The minimum absolute atomic E-state index is 0.144. The van der Waals surface area contributed by atoms with Crippen LogP contribution >= 0.6 is 11.8 Å². The Bertz CT molecular complexity index is 1270. The topological polar surface area (TPSA) is 116 Å². The first-order chi connectivity index (χ1) is 16.0. The number of anilines is 1. The van der Waals surface area contributed by atoms with Gasteiger partial charge in [-0.05, 0) is 43.2 Å². The summed E-state index contributed by atoms with van der Waals surface area (Å²) in [6.45, 7) is 4.28. The van der Waals surface area contributed by atoms with E-state index in [2.05, 4.69) is 15.5 Å². The monoisotopic (exact) mass is 463 g/mol. The molecule has 0 aliphatic rings. The normalized spacial score (nSPS) is 11.8. The van der Waals surface area contributed by atoms with Crippen LogP contribution in [0.25, 0.3) is 11.6 Å². The summed E-state index contributed by atoms with van der Waals surface area (Å²) in [7, 11) is 0. The number of nitro benzene ring substituents is 1. The number of hydrogen-bond acceptors (Lipinski definition) is 7. The van der Waals surface area contributed by atoms with E-state index in [0.717, 1.165) is 11.1 Å². The van der Waals surface area contributed by atoms with E-state index >= 15 is 0 Å². The number of hydrogen-bond donors (Lipinski definition) is 1. The fourth-order valence-corrected chi connectivity index (χ4v) is 4.45. The van der Waals surface area contributed by atoms with Crippen molar-refractivity contribution in [3.05, 3.63) is 88.2 Å². The Morgan fingerprint density at radius 3 is 2.64 bits per heavy atom. The van der Waals surface area contributed by atoms with Crippen LogP contribution in [0.3, 0.4) is 0 Å². The molecule has 4 aromatic rings. The number of thioether (sulfide) groups is 1. The van der Waals surface area contributed by atoms with Gasteiger partial charge in [0.2, 0.25) is 5.91 Å². The summed E-state index contributed by atoms with van der Waals surface area (Å²) >= 11 is 1.22. The predicted molar refractivity (Wildman–Crippen MR) is 125 cm³/mol. The van der Waals surface area contributed by atoms with Crippen molar-refractivity contribution in [3.63, 3.8) is 0 Å². The summed E-state index contributed by atoms with van der Waals surface area (Å²) in [6.07, 6.45) is 1.56. The number of carbonyl (C=O) groups is 1. The van der Waals surface area contributed by atoms with Crippen molar-refractivity contribution in [2.45, 2.75) is 30.8 Å². The fourth-order valence-electron chi connectivity index (χ4n) is 3.35. The summed E-state index contributed by atoms with van der Waals surface area (Å²) in [5, 5.41) is 22.6. The van der Waals surface area contributed by atoms with Crippen LogP contribution in [0.2, 0.25) is 0 Å². The van der Waals surface area contributed by atoms with Gasteiger partial charge in [0, 0.05) is 12.6 Å². The number of carbonyl (C=O) groups excluding carboxylic acids is 1. The van der Waals surface area contributed by atoms with Gasteiger partial charge >= 0.3 is 0 Å². The van der Waals surface area contributed by atoms with E-state index in [-0.39, 0.29) is 11.4 Å². The molecule has 2 aromatic carbocycles. The van der Waals surface area contributed by atoms with E-state index in [0.29, 0.717) is 23.3 Å². The highest BCUT2D eigenvalue weighted by Gasteiger charge is 2.28. The fraction of sp³-hybridized carbons (Fsp3) is 0.174. The first-order valence-electron chi connectivity index (χ1n) is 10.2. The number of furan rings is 1. The lowest BCUT2D eigenvalue weighted by atomic mass is 10.1. The highest BCUT2D eigenvalue weighted by molar-refractivity contribution is 8.00. The third-order valence-corrected chi connectivity index (χ3v) is 6.18. The van der Waals surface area contributed by atoms with Crippen molar-refractivity contribution < 1.29 is 14.1 Å². The molecule has 33 heavy (non-hydrogen) atoms. The predicted octanol–water partition coefficient (Wildman–Crippen LogP) is 5.25. The summed E-state index contributed by atoms with van der Waals surface area (Å²) in [6, 6.07) is 17.5. The largest absolute Gasteiger partial charge is 0.461 e. The Morgan fingerprint density at radius 1 is 1.18 bits per heavy atom. The molecule has 168 valence electrons. The Morgan fingerprint density at radius 2 is 1.97 bits per heavy atom. The van der Waals surface area contributed by atoms with Gasteiger partial charge in [0.1, 0.15) is 10.9 Å². The summed E-state index contributed by atoms with van der Waals surface area (Å²) in [5.74, 6) is 0.738. The Kier molecular flexibility index (Phi) is 6.55. The van der Waals surface area contributed by atoms with Crippen molar-refractivity contribution in [2.75, 3.05) is 5.32 Å². The van der Waals surface area contributed by atoms with E-state index in [1.54, 1.807) is 37.5 Å². The molecule has 4 rings (SSSR count). The molecule has 2 heterocycles. The molecular weight excluding hydrogens is 442 g/mol. The second-order valence-electron chi connectivity index (χ2n) is 7.20. The average Bonchev–Trinajstić information content (AvgIpc) is 3.48. The molecule has 0 radical (unpaired) electrons. The maximum absolute atomic E-state index is 13.4. The average molecular weight is 464 g/mol. The Hall–Kier alpha value is -3.92. The zero-order valence-electron chi connectivity index (χ0n) is 18.0. The SMILES string of the molecule is CCn1c(SC(C(=O)Nc2ccc(C)cc2[N+](=O)[O-])c2ccccc2)nnc1-c1ccco1. The van der Waals surface area contributed by atoms with Gasteiger partial charge in [-0.25, -0.2) is 0 Å². The maximum atomic E-state index is 13.4. The number of rotatable bonds is 8. The van der Waals surface area contributed by atoms with Gasteiger partial charge < -0.3 is 9.73 Å². The molecule has 0 spiro atoms. The number of benzene rings is 2. The molecule has 0 aliphatic heterocycles. The highest BCUT2D eigenvalue weighted by Crippen LogP contribution is 2.37. The van der Waals surface area contributed by atoms with E-state index in [1.807, 2.05) is 41.8 Å². The molecule has 9 nitrogen and oxygen atoms in total. The van der Waals surface area contributed by atoms with Gasteiger partial charge in [-0.1, -0.05) is 48.2 Å². The van der Waals surface area contributed by atoms with Crippen LogP contribution in [0.4, 0.5) is 11.4 Å². The zero-order valence-corrected chi connectivity index (χ0v) is 18.8. The second kappa shape index (κ2) is 9.70. The Labute approximate surface area is 194 Å². The van der Waals surface area contributed by atoms with Gasteiger partial charge in [-0.3, -0.25) is 19.5 Å². The molecule has 1 amide bonds. The maximum Gasteiger partial charge on any atom is 0.293 e. The molecule has 0 aliphatic carbocycles. The summed E-state index contributed by atoms with van der Waals surface area (Å²) in [4.78, 5) is 24.4. The smallest absolute Gasteiger partial charge is 0.293 e. The number of nitrogens with one attached hydrogen (secondary N) is 1. The highest BCUT2D eigenvalue weighted by atomic mass is 32.2. The van der Waals surface area contributed by atoms with Crippen molar-refractivity contribution in [1.29, 1.82) is 0 Å². The van der Waals surface area contributed by atoms with Crippen molar-refractivity contribution in [1.82, 2.24) is 14.8 Å². The quantitative estimate of drug-likeness (QED) is 0.216. The van der Waals surface area contributed by atoms with Gasteiger partial charge in [0.05, 0.1) is 11.2 Å². The molecule has 0 saturated heterocycles. The lowest BCUT2D eigenvalue weighted by Gasteiger charge is -2.17. The van der Waals surface area contributed by atoms with Crippen LogP contribution in [-0.4, -0.2) is 25.6 Å². The molecule has 0 bridgehead atoms. The van der Waals surface area contributed by atoms with E-state index < -0.39 is 16.1 Å². The van der Waals surface area contributed by atoms with Gasteiger partial charge in [-0.15, -0.1) is 10.2 Å². The van der Waals surface area contributed by atoms with Crippen molar-refractivity contribution in [3.8, 4) is 11.6 Å². The van der Waals surface area contributed by atoms with Crippen LogP contribution in [0.15, 0.2) is 76.5 Å². The third-order valence-electron chi connectivity index (χ3n) is 4.95. The zero-order chi connectivity index (χ0) is 23.4. The molecule has 1 atom stereocenters. The molecule has 2 aromatic heterocycles. The van der Waals surface area contributed by atoms with Crippen molar-refractivity contribution in [2.24, 2.45) is 0 Å². The van der Waals surface area contributed by atoms with E-state index in [4.69, 9.17) is 4.42 Å². The molecule has 0 fully saturated rings. The minimum atomic E-state index is -0.717. The second-order valence-corrected chi connectivity index (χ2v) is 8.28. The van der Waals surface area contributed by atoms with Crippen LogP contribution < -0.4 is 5.32 Å². The summed E-state index contributed by atoms with van der Waals surface area (Å²) in [5.41, 5.74) is 1.46. The first-order valence-corrected chi connectivity index (χ1v) is 11.1. The molecular formula is C23H21N5O4S. The van der Waals surface area contributed by atoms with Crippen LogP contribution in [-0.2, 0) is 11.3 Å². The third kappa shape index (κ3) is 4.80. The lowest BCUT2D eigenvalue weighted by molar-refractivity contribution is -0.384. The first kappa shape index (κ1) is 22.3. The van der Waals surface area contributed by atoms with Crippen LogP contribution in [0, 0.1) is 17.0 Å². The molecule has 0 saturated carbocycles. The summed E-state index contributed by atoms with van der Waals surface area (Å²) < 4.78 is 7.32. The van der Waals surface area contributed by atoms with E-state index in [9.17, 15) is 14.9 Å². The van der Waals surface area contributed by atoms with Gasteiger partial charge in [-0.2, -0.15) is 0 Å². The van der Waals surface area contributed by atoms with Crippen LogP contribution in [0.1, 0.15) is 23.3 Å². The number of nitrogens with zero attached hydrogens (tertiary/aromatic N) is 4. The standard InChI is InChI=1S/C23H21N5O4S/c1-3-27-21(19-10-7-13-32-19)25-26-23(27)33-20(16-8-5-4-6-9-16)22(29)24-17-12-11-15(2)14-18(17)28(30)31/h4-14,20H,3H2,1-2H3,(H,24,29).